The lowest BCUT2D eigenvalue weighted by molar-refractivity contribution is -0.134. The lowest BCUT2D eigenvalue weighted by Crippen LogP contribution is -2.58. The fourth-order valence-electron chi connectivity index (χ4n) is 4.83. The Bertz CT molecular complexity index is 696. The highest BCUT2D eigenvalue weighted by Crippen LogP contribution is 2.37. The van der Waals surface area contributed by atoms with Gasteiger partial charge in [-0.25, -0.2) is 4.31 Å². The van der Waals surface area contributed by atoms with E-state index in [1.54, 1.807) is 24.1 Å². The molecule has 0 amide bonds. The van der Waals surface area contributed by atoms with Gasteiger partial charge in [0.2, 0.25) is 0 Å². The van der Waals surface area contributed by atoms with Crippen LogP contribution in [0.25, 0.3) is 0 Å². The van der Waals surface area contributed by atoms with Crippen molar-refractivity contribution in [3.8, 4) is 5.75 Å². The van der Waals surface area contributed by atoms with Crippen LogP contribution < -0.4 is 4.74 Å². The second-order valence-corrected chi connectivity index (χ2v) is 10.3. The molecule has 1 aromatic carbocycles. The maximum atomic E-state index is 12.3. The molecule has 1 spiro atoms. The van der Waals surface area contributed by atoms with Crippen LogP contribution in [0.2, 0.25) is 0 Å². The molecule has 8 heteroatoms. The van der Waals surface area contributed by atoms with Gasteiger partial charge in [0.1, 0.15) is 5.75 Å². The fourth-order valence-corrected chi connectivity index (χ4v) is 5.85. The van der Waals surface area contributed by atoms with Crippen LogP contribution in [0.1, 0.15) is 39.5 Å². The van der Waals surface area contributed by atoms with Gasteiger partial charge in [0.05, 0.1) is 17.8 Å². The Labute approximate surface area is 182 Å². The lowest BCUT2D eigenvalue weighted by Gasteiger charge is -2.50. The summed E-state index contributed by atoms with van der Waals surface area (Å²) in [6.07, 6.45) is 4.30. The predicted molar refractivity (Wildman–Crippen MR) is 113 cm³/mol. The summed E-state index contributed by atoms with van der Waals surface area (Å²) in [5.41, 5.74) is -0.107. The maximum Gasteiger partial charge on any atom is 0.387 e. The SMILES string of the molecule is CC1(C)CC(N2CCC3(CC2)CN(Sc2ccc(OC(F)F)cc2)CCO3)CCO1. The lowest BCUT2D eigenvalue weighted by atomic mass is 9.86. The van der Waals surface area contributed by atoms with Gasteiger partial charge in [0.15, 0.2) is 0 Å². The number of nitrogens with zero attached hydrogens (tertiary/aromatic N) is 2. The zero-order valence-electron chi connectivity index (χ0n) is 17.8. The maximum absolute atomic E-state index is 12.3. The Morgan fingerprint density at radius 2 is 1.80 bits per heavy atom. The van der Waals surface area contributed by atoms with E-state index in [1.807, 2.05) is 12.1 Å². The molecule has 0 aliphatic carbocycles. The molecule has 3 fully saturated rings. The van der Waals surface area contributed by atoms with Crippen LogP contribution in [0.15, 0.2) is 29.2 Å². The summed E-state index contributed by atoms with van der Waals surface area (Å²) in [6.45, 7) is 7.05. The Morgan fingerprint density at radius 1 is 1.07 bits per heavy atom. The molecule has 0 saturated carbocycles. The van der Waals surface area contributed by atoms with Crippen molar-refractivity contribution in [2.45, 2.75) is 68.3 Å². The van der Waals surface area contributed by atoms with Crippen LogP contribution in [0.3, 0.4) is 0 Å². The molecule has 3 saturated heterocycles. The quantitative estimate of drug-likeness (QED) is 0.628. The molecule has 1 aromatic rings. The Balaban J connectivity index is 1.30. The Morgan fingerprint density at radius 3 is 2.47 bits per heavy atom. The first-order valence-corrected chi connectivity index (χ1v) is 11.6. The van der Waals surface area contributed by atoms with E-state index < -0.39 is 6.61 Å². The number of hydrogen-bond acceptors (Lipinski definition) is 6. The van der Waals surface area contributed by atoms with Gasteiger partial charge in [-0.15, -0.1) is 0 Å². The highest BCUT2D eigenvalue weighted by molar-refractivity contribution is 7.97. The fraction of sp³-hybridized carbons (Fsp3) is 0.727. The summed E-state index contributed by atoms with van der Waals surface area (Å²) in [4.78, 5) is 3.66. The molecule has 1 unspecified atom stereocenters. The molecule has 168 valence electrons. The number of halogens is 2. The van der Waals surface area contributed by atoms with Crippen molar-refractivity contribution in [2.75, 3.05) is 39.4 Å². The van der Waals surface area contributed by atoms with Crippen LogP contribution in [-0.4, -0.2) is 72.5 Å². The standard InChI is InChI=1S/C22H32F2N2O3S/c1-21(2)15-17(7-13-27-21)25-10-8-22(9-11-25)16-26(12-14-28-22)30-19-5-3-18(4-6-19)29-20(23)24/h3-6,17,20H,7-16H2,1-2H3. The van der Waals surface area contributed by atoms with Crippen molar-refractivity contribution in [2.24, 2.45) is 0 Å². The van der Waals surface area contributed by atoms with Gasteiger partial charge in [-0.3, -0.25) is 4.90 Å². The molecule has 3 aliphatic heterocycles. The molecule has 0 radical (unpaired) electrons. The second kappa shape index (κ2) is 9.28. The molecular weight excluding hydrogens is 410 g/mol. The number of ether oxygens (including phenoxy) is 3. The molecular formula is C22H32F2N2O3S. The minimum absolute atomic E-state index is 0.0251. The summed E-state index contributed by atoms with van der Waals surface area (Å²) in [5, 5.41) is 0. The molecule has 3 heterocycles. The van der Waals surface area contributed by atoms with E-state index in [0.29, 0.717) is 6.04 Å². The van der Waals surface area contributed by atoms with Gasteiger partial charge >= 0.3 is 6.61 Å². The number of benzene rings is 1. The largest absolute Gasteiger partial charge is 0.435 e. The monoisotopic (exact) mass is 442 g/mol. The van der Waals surface area contributed by atoms with Crippen molar-refractivity contribution < 1.29 is 23.0 Å². The molecule has 0 bridgehead atoms. The van der Waals surface area contributed by atoms with E-state index in [1.165, 1.54) is 0 Å². The van der Waals surface area contributed by atoms with Crippen LogP contribution >= 0.6 is 11.9 Å². The number of piperidine rings is 1. The molecule has 4 rings (SSSR count). The Kier molecular flexibility index (Phi) is 6.89. The number of morpholine rings is 1. The van der Waals surface area contributed by atoms with E-state index in [0.717, 1.165) is 70.0 Å². The predicted octanol–water partition coefficient (Wildman–Crippen LogP) is 4.42. The van der Waals surface area contributed by atoms with Crippen LogP contribution in [0.4, 0.5) is 8.78 Å². The molecule has 0 N–H and O–H groups in total. The molecule has 1 atom stereocenters. The number of hydrogen-bond donors (Lipinski definition) is 0. The highest BCUT2D eigenvalue weighted by atomic mass is 32.2. The van der Waals surface area contributed by atoms with Gasteiger partial charge < -0.3 is 14.2 Å². The zero-order valence-corrected chi connectivity index (χ0v) is 18.6. The average molecular weight is 443 g/mol. The minimum Gasteiger partial charge on any atom is -0.435 e. The molecule has 3 aliphatic rings. The summed E-state index contributed by atoms with van der Waals surface area (Å²) in [7, 11) is 0. The summed E-state index contributed by atoms with van der Waals surface area (Å²) < 4.78 is 43.6. The van der Waals surface area contributed by atoms with Gasteiger partial charge in [-0.2, -0.15) is 8.78 Å². The normalized spacial score (nSPS) is 27.4. The number of rotatable bonds is 5. The molecule has 5 nitrogen and oxygen atoms in total. The Hall–Kier alpha value is -0.930. The van der Waals surface area contributed by atoms with E-state index >= 15 is 0 Å². The number of alkyl halides is 2. The van der Waals surface area contributed by atoms with Gasteiger partial charge in [-0.05, 0) is 75.7 Å². The minimum atomic E-state index is -2.79. The van der Waals surface area contributed by atoms with E-state index in [4.69, 9.17) is 9.47 Å². The van der Waals surface area contributed by atoms with E-state index in [-0.39, 0.29) is 17.0 Å². The zero-order chi connectivity index (χ0) is 21.2. The third kappa shape index (κ3) is 5.65. The van der Waals surface area contributed by atoms with Crippen molar-refractivity contribution in [1.29, 1.82) is 0 Å². The van der Waals surface area contributed by atoms with Crippen molar-refractivity contribution in [3.05, 3.63) is 24.3 Å². The average Bonchev–Trinajstić information content (AvgIpc) is 2.69. The summed E-state index contributed by atoms with van der Waals surface area (Å²) in [5.74, 6) is 0.191. The van der Waals surface area contributed by atoms with E-state index in [2.05, 4.69) is 27.8 Å². The topological polar surface area (TPSA) is 34.2 Å². The third-order valence-electron chi connectivity index (χ3n) is 6.39. The highest BCUT2D eigenvalue weighted by Gasteiger charge is 2.42. The van der Waals surface area contributed by atoms with E-state index in [9.17, 15) is 8.78 Å². The van der Waals surface area contributed by atoms with Crippen LogP contribution in [-0.2, 0) is 9.47 Å². The first kappa shape index (κ1) is 22.3. The second-order valence-electron chi connectivity index (χ2n) is 9.13. The van der Waals surface area contributed by atoms with Gasteiger partial charge in [0, 0.05) is 43.7 Å². The summed E-state index contributed by atoms with van der Waals surface area (Å²) in [6, 6.07) is 7.46. The first-order chi connectivity index (χ1) is 14.3. The summed E-state index contributed by atoms with van der Waals surface area (Å²) >= 11 is 1.67. The number of likely N-dealkylation sites (tertiary alicyclic amines) is 1. The first-order valence-electron chi connectivity index (χ1n) is 10.8. The van der Waals surface area contributed by atoms with Crippen LogP contribution in [0, 0.1) is 0 Å². The third-order valence-corrected chi connectivity index (χ3v) is 7.45. The van der Waals surface area contributed by atoms with Crippen molar-refractivity contribution >= 4 is 11.9 Å². The van der Waals surface area contributed by atoms with Crippen molar-refractivity contribution in [1.82, 2.24) is 9.21 Å². The molecule has 30 heavy (non-hydrogen) atoms. The van der Waals surface area contributed by atoms with Gasteiger partial charge in [0.25, 0.3) is 0 Å². The van der Waals surface area contributed by atoms with Crippen LogP contribution in [0.5, 0.6) is 5.75 Å². The van der Waals surface area contributed by atoms with Crippen molar-refractivity contribution in [3.63, 3.8) is 0 Å². The smallest absolute Gasteiger partial charge is 0.387 e. The molecule has 0 aromatic heterocycles. The van der Waals surface area contributed by atoms with Gasteiger partial charge in [-0.1, -0.05) is 0 Å².